The first kappa shape index (κ1) is 31.5. The molecular weight excluding hydrogens is 548 g/mol. The average Bonchev–Trinajstić information content (AvgIpc) is 3.84. The number of pyridine rings is 2. The lowest BCUT2D eigenvalue weighted by Gasteiger charge is -2.40. The number of aromatic nitrogens is 2. The van der Waals surface area contributed by atoms with Crippen molar-refractivity contribution in [2.24, 2.45) is 11.8 Å². The number of nitrogens with zero attached hydrogens (tertiary/aromatic N) is 3. The zero-order chi connectivity index (χ0) is 30.4. The molecule has 2 saturated carbocycles. The van der Waals surface area contributed by atoms with Crippen LogP contribution in [0.5, 0.6) is 11.5 Å². The highest BCUT2D eigenvalue weighted by atomic mass is 16.6. The highest BCUT2D eigenvalue weighted by Crippen LogP contribution is 2.50. The van der Waals surface area contributed by atoms with Crippen LogP contribution in [0, 0.1) is 11.8 Å². The van der Waals surface area contributed by atoms with E-state index in [0.29, 0.717) is 42.9 Å². The molecule has 10 heteroatoms. The number of hydrogen-bond donors (Lipinski definition) is 3. The second-order valence-corrected chi connectivity index (χ2v) is 13.3. The number of nitrogens with one attached hydrogen (secondary N) is 1. The van der Waals surface area contributed by atoms with Gasteiger partial charge in [-0.3, -0.25) is 9.97 Å². The number of carbonyl (C=O) groups is 1. The van der Waals surface area contributed by atoms with E-state index in [1.807, 2.05) is 39.2 Å². The minimum Gasteiger partial charge on any atom is -0.490 e. The number of ether oxygens (including phenoxy) is 3. The third kappa shape index (κ3) is 9.03. The van der Waals surface area contributed by atoms with E-state index in [-0.39, 0.29) is 25.3 Å². The molecule has 10 nitrogen and oxygen atoms in total. The Morgan fingerprint density at radius 2 is 1.47 bits per heavy atom. The van der Waals surface area contributed by atoms with Crippen LogP contribution in [0.25, 0.3) is 0 Å². The topological polar surface area (TPSA) is 126 Å². The predicted molar refractivity (Wildman–Crippen MR) is 162 cm³/mol. The first-order valence-corrected chi connectivity index (χ1v) is 15.8. The van der Waals surface area contributed by atoms with Crippen LogP contribution in [0.2, 0.25) is 0 Å². The number of carbonyl (C=O) groups excluding carboxylic acids is 1. The summed E-state index contributed by atoms with van der Waals surface area (Å²) in [5, 5.41) is 21.3. The molecule has 2 aliphatic heterocycles. The van der Waals surface area contributed by atoms with E-state index in [1.165, 1.54) is 24.0 Å². The van der Waals surface area contributed by atoms with Crippen LogP contribution in [0.1, 0.15) is 82.3 Å². The molecule has 0 bridgehead atoms. The quantitative estimate of drug-likeness (QED) is 0.329. The summed E-state index contributed by atoms with van der Waals surface area (Å²) in [7, 11) is 0. The van der Waals surface area contributed by atoms with Gasteiger partial charge in [-0.25, -0.2) is 4.79 Å². The van der Waals surface area contributed by atoms with Crippen LogP contribution in [0.4, 0.5) is 4.79 Å². The molecule has 0 aromatic carbocycles. The summed E-state index contributed by atoms with van der Waals surface area (Å²) in [5.74, 6) is 3.89. The minimum atomic E-state index is -0.480. The van der Waals surface area contributed by atoms with E-state index in [1.54, 1.807) is 17.3 Å². The lowest BCUT2D eigenvalue weighted by molar-refractivity contribution is -0.0141. The van der Waals surface area contributed by atoms with Gasteiger partial charge in [0.2, 0.25) is 0 Å². The fourth-order valence-electron chi connectivity index (χ4n) is 5.77. The van der Waals surface area contributed by atoms with Gasteiger partial charge in [-0.05, 0) is 113 Å². The van der Waals surface area contributed by atoms with Gasteiger partial charge in [-0.1, -0.05) is 0 Å². The molecule has 2 saturated heterocycles. The minimum absolute atomic E-state index is 0.0570. The van der Waals surface area contributed by atoms with Crippen molar-refractivity contribution in [3.8, 4) is 11.5 Å². The van der Waals surface area contributed by atoms with Gasteiger partial charge >= 0.3 is 6.09 Å². The zero-order valence-corrected chi connectivity index (χ0v) is 25.8. The standard InChI is InChI=1S/C19H28N2O4.C14H20N2O2/c1-19(2,3)25-18(23)21-6-4-15(21)12-24-16-8-14(10-20-11-16)17-9-13(17)5-7-22;17-4-2-10-6-14(10)11-5-13(8-15-7-11)18-9-12-1-3-16-12/h8,10-11,13,15,17,22H,4-7,9,12H2,1-3H3;5,7-8,10,12,14,16-17H,1-4,6,9H2/t13-,15-,17-;10-,12-,14-/m00/s1. The number of likely N-dealkylation sites (tertiary alicyclic amines) is 1. The summed E-state index contributed by atoms with van der Waals surface area (Å²) in [6, 6.07) is 4.71. The highest BCUT2D eigenvalue weighted by molar-refractivity contribution is 5.69. The van der Waals surface area contributed by atoms with E-state index in [2.05, 4.69) is 21.4 Å². The van der Waals surface area contributed by atoms with E-state index in [0.717, 1.165) is 50.3 Å². The number of rotatable bonds is 12. The largest absolute Gasteiger partial charge is 0.490 e. The van der Waals surface area contributed by atoms with Crippen molar-refractivity contribution in [2.45, 2.75) is 88.8 Å². The predicted octanol–water partition coefficient (Wildman–Crippen LogP) is 4.26. The Balaban J connectivity index is 0.000000180. The van der Waals surface area contributed by atoms with Crippen molar-refractivity contribution < 1.29 is 29.2 Å². The fraction of sp³-hybridized carbons (Fsp3) is 0.667. The summed E-state index contributed by atoms with van der Waals surface area (Å²) in [6.07, 6.45) is 13.2. The molecule has 0 spiro atoms. The van der Waals surface area contributed by atoms with E-state index < -0.39 is 5.60 Å². The van der Waals surface area contributed by atoms with E-state index in [9.17, 15) is 4.79 Å². The number of aliphatic hydroxyl groups excluding tert-OH is 2. The highest BCUT2D eigenvalue weighted by Gasteiger charge is 2.39. The van der Waals surface area contributed by atoms with Crippen molar-refractivity contribution in [1.82, 2.24) is 20.2 Å². The van der Waals surface area contributed by atoms with Crippen molar-refractivity contribution in [1.29, 1.82) is 0 Å². The van der Waals surface area contributed by atoms with Crippen LogP contribution >= 0.6 is 0 Å². The van der Waals surface area contributed by atoms with Crippen molar-refractivity contribution in [2.75, 3.05) is 39.5 Å². The summed E-state index contributed by atoms with van der Waals surface area (Å²) in [6.45, 7) is 9.15. The molecule has 3 N–H and O–H groups in total. The smallest absolute Gasteiger partial charge is 0.410 e. The van der Waals surface area contributed by atoms with Crippen LogP contribution in [-0.2, 0) is 4.74 Å². The number of aliphatic hydroxyl groups is 2. The molecule has 6 rings (SSSR count). The van der Waals surface area contributed by atoms with Crippen molar-refractivity contribution in [3.63, 3.8) is 0 Å². The molecule has 4 fully saturated rings. The Hall–Kier alpha value is -2.95. The van der Waals surface area contributed by atoms with Gasteiger partial charge in [-0.15, -0.1) is 0 Å². The third-order valence-corrected chi connectivity index (χ3v) is 8.76. The van der Waals surface area contributed by atoms with Gasteiger partial charge in [0.25, 0.3) is 0 Å². The van der Waals surface area contributed by atoms with Crippen molar-refractivity contribution >= 4 is 6.09 Å². The Bertz CT molecular complexity index is 1200. The molecule has 4 aliphatic rings. The van der Waals surface area contributed by atoms with Gasteiger partial charge in [0.15, 0.2) is 0 Å². The molecule has 1 amide bonds. The average molecular weight is 597 g/mol. The molecule has 4 heterocycles. The molecule has 43 heavy (non-hydrogen) atoms. The SMILES string of the molecule is CC(C)(C)OC(=O)N1CC[C@H]1COc1cncc([C@H]2C[C@@H]2CCO)c1.OCC[C@H]1C[C@@H]1c1cncc(OC[C@@H]2CCN2)c1. The first-order valence-electron chi connectivity index (χ1n) is 15.8. The zero-order valence-electron chi connectivity index (χ0n) is 25.8. The molecule has 2 aromatic heterocycles. The Labute approximate surface area is 255 Å². The first-order chi connectivity index (χ1) is 20.7. The van der Waals surface area contributed by atoms with Crippen LogP contribution < -0.4 is 14.8 Å². The summed E-state index contributed by atoms with van der Waals surface area (Å²) >= 11 is 0. The van der Waals surface area contributed by atoms with Gasteiger partial charge in [-0.2, -0.15) is 0 Å². The van der Waals surface area contributed by atoms with Crippen LogP contribution in [0.15, 0.2) is 36.9 Å². The fourth-order valence-corrected chi connectivity index (χ4v) is 5.77. The second-order valence-electron chi connectivity index (χ2n) is 13.3. The molecule has 0 radical (unpaired) electrons. The lowest BCUT2D eigenvalue weighted by atomic mass is 10.1. The van der Waals surface area contributed by atoms with Crippen molar-refractivity contribution in [3.05, 3.63) is 48.0 Å². The van der Waals surface area contributed by atoms with E-state index >= 15 is 0 Å². The van der Waals surface area contributed by atoms with Gasteiger partial charge < -0.3 is 34.6 Å². The number of hydrogen-bond acceptors (Lipinski definition) is 9. The monoisotopic (exact) mass is 596 g/mol. The second kappa shape index (κ2) is 14.2. The molecule has 2 aliphatic carbocycles. The van der Waals surface area contributed by atoms with Gasteiger partial charge in [0, 0.05) is 38.2 Å². The Morgan fingerprint density at radius 1 is 0.907 bits per heavy atom. The molecule has 2 aromatic rings. The summed E-state index contributed by atoms with van der Waals surface area (Å²) < 4.78 is 17.0. The van der Waals surface area contributed by atoms with E-state index in [4.69, 9.17) is 24.4 Å². The van der Waals surface area contributed by atoms with Crippen LogP contribution in [0.3, 0.4) is 0 Å². The molecule has 236 valence electrons. The maximum Gasteiger partial charge on any atom is 0.410 e. The molecular formula is C33H48N4O6. The maximum absolute atomic E-state index is 12.1. The maximum atomic E-state index is 12.1. The third-order valence-electron chi connectivity index (χ3n) is 8.76. The number of amides is 1. The lowest BCUT2D eigenvalue weighted by Crippen LogP contribution is -2.55. The normalized spacial score (nSPS) is 27.1. The van der Waals surface area contributed by atoms with Crippen LogP contribution in [-0.4, -0.2) is 88.4 Å². The summed E-state index contributed by atoms with van der Waals surface area (Å²) in [5.41, 5.74) is 1.95. The molecule has 0 unspecified atom stereocenters. The summed E-state index contributed by atoms with van der Waals surface area (Å²) in [4.78, 5) is 22.4. The Morgan fingerprint density at radius 3 is 1.91 bits per heavy atom. The molecule has 6 atom stereocenters. The van der Waals surface area contributed by atoms with Gasteiger partial charge in [0.1, 0.15) is 30.3 Å². The Kier molecular flexibility index (Phi) is 10.4. The van der Waals surface area contributed by atoms with Gasteiger partial charge in [0.05, 0.1) is 18.4 Å².